The smallest absolute Gasteiger partial charge is 0.345 e. The molecule has 1 aromatic heterocycles. The topological polar surface area (TPSA) is 85.1 Å². The summed E-state index contributed by atoms with van der Waals surface area (Å²) in [5.74, 6) is -2.90. The lowest BCUT2D eigenvalue weighted by atomic mass is 10.1. The highest BCUT2D eigenvalue weighted by Crippen LogP contribution is 2.30. The van der Waals surface area contributed by atoms with E-state index in [1.165, 1.54) is 18.2 Å². The third-order valence-electron chi connectivity index (χ3n) is 3.27. The molecule has 26 heavy (non-hydrogen) atoms. The number of Topliss-reactive ketones (excluding diaryl/α,β-unsaturated/α-hetero) is 1. The maximum atomic E-state index is 12.5. The van der Waals surface area contributed by atoms with Crippen LogP contribution in [0, 0.1) is 5.92 Å². The number of ketones is 1. The third-order valence-corrected chi connectivity index (χ3v) is 3.62. The minimum atomic E-state index is -4.73. The monoisotopic (exact) mass is 389 g/mol. The van der Waals surface area contributed by atoms with Gasteiger partial charge in [-0.2, -0.15) is 18.2 Å². The fraction of sp³-hybridized carbons (Fsp3) is 0.375. The van der Waals surface area contributed by atoms with E-state index in [9.17, 15) is 22.8 Å². The van der Waals surface area contributed by atoms with E-state index < -0.39 is 23.8 Å². The summed E-state index contributed by atoms with van der Waals surface area (Å²) in [5, 5.41) is 5.90. The number of carbonyl (C=O) groups excluding carboxylic acids is 2. The number of rotatable bonds is 6. The zero-order valence-electron chi connectivity index (χ0n) is 13.9. The van der Waals surface area contributed by atoms with Gasteiger partial charge in [0.05, 0.1) is 0 Å². The number of hydrogen-bond acceptors (Lipinski definition) is 5. The Hall–Kier alpha value is -2.42. The molecule has 1 aromatic carbocycles. The van der Waals surface area contributed by atoms with E-state index in [2.05, 4.69) is 20.0 Å². The number of halogens is 4. The molecule has 0 radical (unpaired) electrons. The van der Waals surface area contributed by atoms with Crippen LogP contribution < -0.4 is 5.32 Å². The quantitative estimate of drug-likeness (QED) is 0.762. The molecule has 0 saturated heterocycles. The molecule has 10 heteroatoms. The van der Waals surface area contributed by atoms with Crippen molar-refractivity contribution in [1.29, 1.82) is 0 Å². The van der Waals surface area contributed by atoms with Crippen molar-refractivity contribution < 1.29 is 27.3 Å². The van der Waals surface area contributed by atoms with Gasteiger partial charge in [-0.05, 0) is 17.5 Å². The maximum Gasteiger partial charge on any atom is 0.471 e. The number of alkyl halides is 3. The Kier molecular flexibility index (Phi) is 6.01. The molecule has 2 rings (SSSR count). The van der Waals surface area contributed by atoms with E-state index in [4.69, 9.17) is 11.6 Å². The summed E-state index contributed by atoms with van der Waals surface area (Å²) < 4.78 is 41.6. The van der Waals surface area contributed by atoms with E-state index >= 15 is 0 Å². The Morgan fingerprint density at radius 3 is 2.54 bits per heavy atom. The number of aromatic nitrogens is 2. The molecule has 0 aliphatic rings. The summed E-state index contributed by atoms with van der Waals surface area (Å²) in [6.45, 7) is 3.65. The number of benzene rings is 1. The minimum Gasteiger partial charge on any atom is -0.345 e. The van der Waals surface area contributed by atoms with Crippen LogP contribution >= 0.6 is 11.6 Å². The molecule has 1 heterocycles. The van der Waals surface area contributed by atoms with Gasteiger partial charge < -0.3 is 9.84 Å². The van der Waals surface area contributed by atoms with Crippen molar-refractivity contribution in [2.45, 2.75) is 33.0 Å². The van der Waals surface area contributed by atoms with Crippen LogP contribution in [0.1, 0.15) is 31.7 Å². The van der Waals surface area contributed by atoms with Crippen LogP contribution in [0.5, 0.6) is 0 Å². The molecule has 0 bridgehead atoms. The molecule has 0 atom stereocenters. The SMILES string of the molecule is CC(C)CC(=O)C(=O)NCc1ccc(-c2noc(C(F)(F)F)n2)cc1Cl. The average Bonchev–Trinajstić information content (AvgIpc) is 3.02. The summed E-state index contributed by atoms with van der Waals surface area (Å²) in [6, 6.07) is 4.28. The Labute approximate surface area is 151 Å². The van der Waals surface area contributed by atoms with Crippen molar-refractivity contribution in [3.63, 3.8) is 0 Å². The Bertz CT molecular complexity index is 819. The number of carbonyl (C=O) groups is 2. The lowest BCUT2D eigenvalue weighted by molar-refractivity contribution is -0.159. The predicted molar refractivity (Wildman–Crippen MR) is 86.1 cm³/mol. The van der Waals surface area contributed by atoms with E-state index in [0.717, 1.165) is 0 Å². The molecule has 0 spiro atoms. The van der Waals surface area contributed by atoms with Gasteiger partial charge in [0.2, 0.25) is 11.6 Å². The van der Waals surface area contributed by atoms with Gasteiger partial charge in [-0.15, -0.1) is 0 Å². The summed E-state index contributed by atoms with van der Waals surface area (Å²) in [4.78, 5) is 26.6. The van der Waals surface area contributed by atoms with Gasteiger partial charge in [-0.3, -0.25) is 9.59 Å². The third kappa shape index (κ3) is 5.04. The maximum absolute atomic E-state index is 12.5. The molecule has 140 valence electrons. The largest absolute Gasteiger partial charge is 0.471 e. The summed E-state index contributed by atoms with van der Waals surface area (Å²) >= 11 is 6.08. The van der Waals surface area contributed by atoms with Gasteiger partial charge in [0.25, 0.3) is 5.91 Å². The molecule has 0 aliphatic carbocycles. The molecule has 2 aromatic rings. The molecular formula is C16H15ClF3N3O3. The van der Waals surface area contributed by atoms with Gasteiger partial charge in [-0.1, -0.05) is 42.7 Å². The Morgan fingerprint density at radius 2 is 2.00 bits per heavy atom. The summed E-state index contributed by atoms with van der Waals surface area (Å²) in [7, 11) is 0. The van der Waals surface area contributed by atoms with E-state index in [1.54, 1.807) is 0 Å². The van der Waals surface area contributed by atoms with Crippen molar-refractivity contribution in [3.8, 4) is 11.4 Å². The van der Waals surface area contributed by atoms with Crippen LogP contribution in [0.25, 0.3) is 11.4 Å². The molecule has 6 nitrogen and oxygen atoms in total. The first-order chi connectivity index (χ1) is 12.1. The van der Waals surface area contributed by atoms with E-state index in [-0.39, 0.29) is 35.3 Å². The summed E-state index contributed by atoms with van der Waals surface area (Å²) in [6.07, 6.45) is -4.60. The van der Waals surface area contributed by atoms with Crippen molar-refractivity contribution in [2.75, 3.05) is 0 Å². The predicted octanol–water partition coefficient (Wildman–Crippen LogP) is 3.64. The zero-order valence-corrected chi connectivity index (χ0v) is 14.6. The van der Waals surface area contributed by atoms with Crippen molar-refractivity contribution in [1.82, 2.24) is 15.5 Å². The molecule has 1 amide bonds. The van der Waals surface area contributed by atoms with Gasteiger partial charge in [0, 0.05) is 23.6 Å². The fourth-order valence-corrected chi connectivity index (χ4v) is 2.27. The fourth-order valence-electron chi connectivity index (χ4n) is 2.02. The highest BCUT2D eigenvalue weighted by atomic mass is 35.5. The normalized spacial score (nSPS) is 11.7. The minimum absolute atomic E-state index is 0.00181. The van der Waals surface area contributed by atoms with Crippen LogP contribution in [-0.2, 0) is 22.3 Å². The lowest BCUT2D eigenvalue weighted by Crippen LogP contribution is -2.31. The first-order valence-electron chi connectivity index (χ1n) is 7.58. The first-order valence-corrected chi connectivity index (χ1v) is 7.96. The van der Waals surface area contributed by atoms with Crippen LogP contribution in [0.2, 0.25) is 5.02 Å². The molecule has 1 N–H and O–H groups in total. The van der Waals surface area contributed by atoms with Crippen molar-refractivity contribution >= 4 is 23.3 Å². The van der Waals surface area contributed by atoms with Crippen molar-refractivity contribution in [3.05, 3.63) is 34.7 Å². The van der Waals surface area contributed by atoms with Crippen LogP contribution in [-0.4, -0.2) is 21.8 Å². The van der Waals surface area contributed by atoms with E-state index in [0.29, 0.717) is 5.56 Å². The molecular weight excluding hydrogens is 375 g/mol. The highest BCUT2D eigenvalue weighted by Gasteiger charge is 2.38. The molecule has 0 unspecified atom stereocenters. The molecule has 0 saturated carbocycles. The second-order valence-electron chi connectivity index (χ2n) is 5.93. The number of nitrogens with one attached hydrogen (secondary N) is 1. The first kappa shape index (κ1) is 19.9. The number of nitrogens with zero attached hydrogens (tertiary/aromatic N) is 2. The van der Waals surface area contributed by atoms with Crippen molar-refractivity contribution in [2.24, 2.45) is 5.92 Å². The van der Waals surface area contributed by atoms with Gasteiger partial charge >= 0.3 is 12.1 Å². The van der Waals surface area contributed by atoms with Crippen LogP contribution in [0.4, 0.5) is 13.2 Å². The van der Waals surface area contributed by atoms with Crippen LogP contribution in [0.15, 0.2) is 22.7 Å². The molecule has 0 aliphatic heterocycles. The standard InChI is InChI=1S/C16H15ClF3N3O3/c1-8(2)5-12(24)14(25)21-7-10-4-3-9(6-11(10)17)13-22-15(26-23-13)16(18,19)20/h3-4,6,8H,5,7H2,1-2H3,(H,21,25). The second-order valence-corrected chi connectivity index (χ2v) is 6.34. The number of hydrogen-bond donors (Lipinski definition) is 1. The van der Waals surface area contributed by atoms with Crippen LogP contribution in [0.3, 0.4) is 0 Å². The lowest BCUT2D eigenvalue weighted by Gasteiger charge is -2.08. The Morgan fingerprint density at radius 1 is 1.31 bits per heavy atom. The van der Waals surface area contributed by atoms with Gasteiger partial charge in [0.15, 0.2) is 0 Å². The average molecular weight is 390 g/mol. The highest BCUT2D eigenvalue weighted by molar-refractivity contribution is 6.36. The summed E-state index contributed by atoms with van der Waals surface area (Å²) in [5.41, 5.74) is 0.709. The second kappa shape index (κ2) is 7.86. The molecule has 0 fully saturated rings. The Balaban J connectivity index is 2.07. The van der Waals surface area contributed by atoms with Gasteiger partial charge in [0.1, 0.15) is 0 Å². The number of amides is 1. The van der Waals surface area contributed by atoms with E-state index in [1.807, 2.05) is 13.8 Å². The zero-order chi connectivity index (χ0) is 19.5. The van der Waals surface area contributed by atoms with Gasteiger partial charge in [-0.25, -0.2) is 0 Å².